The van der Waals surface area contributed by atoms with Crippen LogP contribution in [0.15, 0.2) is 88.9 Å². The van der Waals surface area contributed by atoms with E-state index in [1.165, 1.54) is 11.8 Å². The molecule has 6 nitrogen and oxygen atoms in total. The number of carbonyl (C=O) groups is 1. The molecular weight excluding hydrogens is 468 g/mol. The molecule has 5 rings (SSSR count). The van der Waals surface area contributed by atoms with Crippen LogP contribution in [0, 0.1) is 11.3 Å². The number of methoxy groups -OCH3 is 1. The second-order valence-corrected chi connectivity index (χ2v) is 9.26. The van der Waals surface area contributed by atoms with Crippen molar-refractivity contribution in [3.05, 3.63) is 101 Å². The third kappa shape index (κ3) is 4.51. The fraction of sp³-hybridized carbons (Fsp3) is 0.138. The normalized spacial score (nSPS) is 15.7. The van der Waals surface area contributed by atoms with Gasteiger partial charge in [0.15, 0.2) is 5.17 Å². The molecule has 178 valence electrons. The zero-order valence-electron chi connectivity index (χ0n) is 20.0. The molecule has 0 spiro atoms. The molecule has 4 aromatic rings. The molecule has 7 heteroatoms. The number of nitriles is 1. The lowest BCUT2D eigenvalue weighted by atomic mass is 10.1. The molecule has 1 amide bonds. The maximum atomic E-state index is 13.3. The van der Waals surface area contributed by atoms with Gasteiger partial charge in [0, 0.05) is 35.8 Å². The number of nitrogens with zero attached hydrogens (tertiary/aromatic N) is 4. The molecule has 1 fully saturated rings. The topological polar surface area (TPSA) is 70.6 Å². The Bertz CT molecular complexity index is 1540. The summed E-state index contributed by atoms with van der Waals surface area (Å²) in [6, 6.07) is 25.5. The Morgan fingerprint density at radius 1 is 1.06 bits per heavy atom. The largest absolute Gasteiger partial charge is 0.497 e. The number of benzene rings is 3. The number of fused-ring (bicyclic) bond motifs is 1. The number of thioether (sulfide) groups is 1. The summed E-state index contributed by atoms with van der Waals surface area (Å²) >= 11 is 1.38. The van der Waals surface area contributed by atoms with E-state index in [4.69, 9.17) is 9.73 Å². The number of aromatic nitrogens is 1. The van der Waals surface area contributed by atoms with Gasteiger partial charge in [0.05, 0.1) is 29.3 Å². The molecule has 0 bridgehead atoms. The minimum Gasteiger partial charge on any atom is -0.497 e. The van der Waals surface area contributed by atoms with Crippen LogP contribution in [0.2, 0.25) is 0 Å². The summed E-state index contributed by atoms with van der Waals surface area (Å²) < 4.78 is 7.36. The number of rotatable bonds is 6. The average molecular weight is 493 g/mol. The molecule has 3 aromatic carbocycles. The third-order valence-corrected chi connectivity index (χ3v) is 7.09. The van der Waals surface area contributed by atoms with E-state index in [1.807, 2.05) is 73.7 Å². The van der Waals surface area contributed by atoms with Crippen LogP contribution in [0.5, 0.6) is 5.75 Å². The van der Waals surface area contributed by atoms with Crippen LogP contribution in [0.3, 0.4) is 0 Å². The van der Waals surface area contributed by atoms with E-state index in [-0.39, 0.29) is 5.91 Å². The van der Waals surface area contributed by atoms with Gasteiger partial charge in [-0.05, 0) is 66.7 Å². The van der Waals surface area contributed by atoms with Gasteiger partial charge < -0.3 is 9.30 Å². The van der Waals surface area contributed by atoms with E-state index in [9.17, 15) is 10.1 Å². The van der Waals surface area contributed by atoms with Crippen molar-refractivity contribution in [2.75, 3.05) is 13.7 Å². The number of likely N-dealkylation sites (N-methyl/N-ethyl adjacent to an activating group) is 1. The van der Waals surface area contributed by atoms with Gasteiger partial charge in [-0.3, -0.25) is 9.69 Å². The predicted octanol–water partition coefficient (Wildman–Crippen LogP) is 6.19. The zero-order chi connectivity index (χ0) is 25.1. The molecule has 36 heavy (non-hydrogen) atoms. The van der Waals surface area contributed by atoms with Gasteiger partial charge in [0.25, 0.3) is 5.91 Å². The maximum Gasteiger partial charge on any atom is 0.266 e. The minimum absolute atomic E-state index is 0.0542. The van der Waals surface area contributed by atoms with Crippen molar-refractivity contribution in [3.63, 3.8) is 0 Å². The number of hydrogen-bond acceptors (Lipinski definition) is 5. The van der Waals surface area contributed by atoms with Crippen LogP contribution in [-0.2, 0) is 11.3 Å². The fourth-order valence-corrected chi connectivity index (χ4v) is 5.30. The van der Waals surface area contributed by atoms with Gasteiger partial charge >= 0.3 is 0 Å². The van der Waals surface area contributed by atoms with Crippen molar-refractivity contribution in [1.29, 1.82) is 5.26 Å². The van der Waals surface area contributed by atoms with Gasteiger partial charge in [-0.15, -0.1) is 0 Å². The number of hydrogen-bond donors (Lipinski definition) is 0. The van der Waals surface area contributed by atoms with Crippen molar-refractivity contribution < 1.29 is 9.53 Å². The Kier molecular flexibility index (Phi) is 6.61. The van der Waals surface area contributed by atoms with Gasteiger partial charge in [-0.1, -0.05) is 36.4 Å². The summed E-state index contributed by atoms with van der Waals surface area (Å²) in [5.41, 5.74) is 4.38. The highest BCUT2D eigenvalue weighted by atomic mass is 32.2. The second-order valence-electron chi connectivity index (χ2n) is 8.25. The summed E-state index contributed by atoms with van der Waals surface area (Å²) in [5, 5.41) is 11.2. The molecule has 0 aliphatic carbocycles. The number of amides is 1. The van der Waals surface area contributed by atoms with E-state index in [1.54, 1.807) is 12.0 Å². The first kappa shape index (κ1) is 23.5. The SMILES string of the molecule is CCN1C(=O)/C(=C\c2cn(Cc3ccccc3C#N)c3ccccc23)SC1=Nc1ccc(OC)cc1. The molecule has 0 radical (unpaired) electrons. The average Bonchev–Trinajstić information content (AvgIpc) is 3.41. The lowest BCUT2D eigenvalue weighted by Crippen LogP contribution is -2.28. The lowest BCUT2D eigenvalue weighted by molar-refractivity contribution is -0.122. The van der Waals surface area contributed by atoms with Crippen LogP contribution in [0.25, 0.3) is 17.0 Å². The van der Waals surface area contributed by atoms with Gasteiger partial charge in [-0.25, -0.2) is 4.99 Å². The van der Waals surface area contributed by atoms with Crippen molar-refractivity contribution in [1.82, 2.24) is 9.47 Å². The zero-order valence-corrected chi connectivity index (χ0v) is 20.8. The molecule has 1 aliphatic heterocycles. The summed E-state index contributed by atoms with van der Waals surface area (Å²) in [4.78, 5) is 20.3. The molecule has 0 N–H and O–H groups in total. The fourth-order valence-electron chi connectivity index (χ4n) is 4.25. The molecule has 1 saturated heterocycles. The van der Waals surface area contributed by atoms with Crippen LogP contribution in [0.1, 0.15) is 23.6 Å². The smallest absolute Gasteiger partial charge is 0.266 e. The van der Waals surface area contributed by atoms with Gasteiger partial charge in [0.2, 0.25) is 0 Å². The van der Waals surface area contributed by atoms with Crippen LogP contribution in [-0.4, -0.2) is 34.2 Å². The van der Waals surface area contributed by atoms with E-state index in [2.05, 4.69) is 29.0 Å². The third-order valence-electron chi connectivity index (χ3n) is 6.09. The molecule has 1 aliphatic rings. The van der Waals surface area contributed by atoms with Crippen LogP contribution >= 0.6 is 11.8 Å². The Morgan fingerprint density at radius 3 is 2.56 bits per heavy atom. The van der Waals surface area contributed by atoms with Crippen molar-refractivity contribution in [2.24, 2.45) is 4.99 Å². The maximum absolute atomic E-state index is 13.3. The number of ether oxygens (including phenoxy) is 1. The van der Waals surface area contributed by atoms with Crippen molar-refractivity contribution in [2.45, 2.75) is 13.5 Å². The second kappa shape index (κ2) is 10.1. The molecule has 0 unspecified atom stereocenters. The first-order valence-corrected chi connectivity index (χ1v) is 12.4. The Hall–Kier alpha value is -4.28. The van der Waals surface area contributed by atoms with E-state index < -0.39 is 0 Å². The van der Waals surface area contributed by atoms with Crippen molar-refractivity contribution in [3.8, 4) is 11.8 Å². The van der Waals surface area contributed by atoms with Crippen LogP contribution < -0.4 is 4.74 Å². The predicted molar refractivity (Wildman–Crippen MR) is 145 cm³/mol. The van der Waals surface area contributed by atoms with Crippen LogP contribution in [0.4, 0.5) is 5.69 Å². The van der Waals surface area contributed by atoms with Crippen molar-refractivity contribution >= 4 is 45.5 Å². The molecule has 1 aromatic heterocycles. The first-order chi connectivity index (χ1) is 17.6. The summed E-state index contributed by atoms with van der Waals surface area (Å²) in [7, 11) is 1.63. The molecule has 2 heterocycles. The Morgan fingerprint density at radius 2 is 1.81 bits per heavy atom. The number of carbonyl (C=O) groups excluding carboxylic acids is 1. The summed E-state index contributed by atoms with van der Waals surface area (Å²) in [5.74, 6) is 0.706. The van der Waals surface area contributed by atoms with E-state index in [0.29, 0.717) is 28.7 Å². The number of aliphatic imine (C=N–C) groups is 1. The molecule has 0 saturated carbocycles. The van der Waals surface area contributed by atoms with Gasteiger partial charge in [0.1, 0.15) is 5.75 Å². The molecule has 0 atom stereocenters. The highest BCUT2D eigenvalue weighted by Crippen LogP contribution is 2.36. The first-order valence-electron chi connectivity index (χ1n) is 11.6. The van der Waals surface area contributed by atoms with Gasteiger partial charge in [-0.2, -0.15) is 5.26 Å². The standard InChI is InChI=1S/C29H24N4O2S/c1-3-33-28(34)27(36-29(33)31-23-12-14-24(35-2)15-13-23)16-22-19-32(26-11-7-6-10-25(22)26)18-21-9-5-4-8-20(21)17-30/h4-16,19H,3,18H2,1-2H3/b27-16+,31-29?. The quantitative estimate of drug-likeness (QED) is 0.301. The number of amidine groups is 1. The summed E-state index contributed by atoms with van der Waals surface area (Å²) in [6.45, 7) is 3.05. The Balaban J connectivity index is 1.51. The Labute approximate surface area is 214 Å². The number of para-hydroxylation sites is 1. The highest BCUT2D eigenvalue weighted by Gasteiger charge is 2.32. The minimum atomic E-state index is -0.0542. The molecular formula is C29H24N4O2S. The monoisotopic (exact) mass is 492 g/mol. The van der Waals surface area contributed by atoms with E-state index in [0.717, 1.165) is 33.5 Å². The highest BCUT2D eigenvalue weighted by molar-refractivity contribution is 8.18. The summed E-state index contributed by atoms with van der Waals surface area (Å²) in [6.07, 6.45) is 4.00. The van der Waals surface area contributed by atoms with E-state index >= 15 is 0 Å². The lowest BCUT2D eigenvalue weighted by Gasteiger charge is -2.12.